The molecule has 0 atom stereocenters. The number of nitrogens with one attached hydrogen (secondary N) is 1. The van der Waals surface area contributed by atoms with Crippen molar-refractivity contribution in [3.63, 3.8) is 0 Å². The van der Waals surface area contributed by atoms with Gasteiger partial charge in [0.25, 0.3) is 0 Å². The first-order valence-electron chi connectivity index (χ1n) is 6.00. The van der Waals surface area contributed by atoms with Gasteiger partial charge in [-0.25, -0.2) is 0 Å². The van der Waals surface area contributed by atoms with Crippen LogP contribution in [0.3, 0.4) is 0 Å². The molecule has 1 heterocycles. The lowest BCUT2D eigenvalue weighted by Gasteiger charge is -2.26. The van der Waals surface area contributed by atoms with Crippen LogP contribution >= 0.6 is 11.8 Å². The van der Waals surface area contributed by atoms with Gasteiger partial charge in [0.2, 0.25) is 0 Å². The number of aryl methyl sites for hydroxylation is 1. The monoisotopic (exact) mass is 252 g/mol. The summed E-state index contributed by atoms with van der Waals surface area (Å²) in [7, 11) is 1.71. The Balaban J connectivity index is 1.89. The zero-order valence-corrected chi connectivity index (χ0v) is 11.3. The Kier molecular flexibility index (Phi) is 4.71. The molecule has 1 aromatic carbocycles. The van der Waals surface area contributed by atoms with Gasteiger partial charge in [-0.05, 0) is 30.7 Å². The van der Waals surface area contributed by atoms with Crippen LogP contribution in [0, 0.1) is 6.92 Å². The van der Waals surface area contributed by atoms with Crippen molar-refractivity contribution in [1.82, 2.24) is 10.2 Å². The highest BCUT2D eigenvalue weighted by Crippen LogP contribution is 2.26. The third kappa shape index (κ3) is 3.63. The molecule has 0 spiro atoms. The number of piperazine rings is 1. The van der Waals surface area contributed by atoms with E-state index in [0.29, 0.717) is 0 Å². The average Bonchev–Trinajstić information content (AvgIpc) is 2.38. The van der Waals surface area contributed by atoms with Gasteiger partial charge in [-0.3, -0.25) is 4.90 Å². The number of hydrogen-bond acceptors (Lipinski definition) is 4. The second-order valence-corrected chi connectivity index (χ2v) is 5.26. The standard InChI is InChI=1S/C13H20N2OS/c1-11-9-12(16-2)3-4-13(11)17-10-15-7-5-14-6-8-15/h3-4,9,14H,5-8,10H2,1-2H3. The van der Waals surface area contributed by atoms with Crippen LogP contribution in [-0.2, 0) is 0 Å². The molecule has 2 rings (SSSR count). The van der Waals surface area contributed by atoms with E-state index >= 15 is 0 Å². The summed E-state index contributed by atoms with van der Waals surface area (Å²) in [5, 5.41) is 3.37. The molecule has 1 N–H and O–H groups in total. The molecule has 1 aromatic rings. The van der Waals surface area contributed by atoms with Gasteiger partial charge in [0.05, 0.1) is 7.11 Å². The van der Waals surface area contributed by atoms with Crippen molar-refractivity contribution >= 4 is 11.8 Å². The molecule has 17 heavy (non-hydrogen) atoms. The highest BCUT2D eigenvalue weighted by atomic mass is 32.2. The molecule has 1 aliphatic heterocycles. The normalized spacial score (nSPS) is 17.1. The topological polar surface area (TPSA) is 24.5 Å². The van der Waals surface area contributed by atoms with Gasteiger partial charge >= 0.3 is 0 Å². The Labute approximate surface area is 108 Å². The lowest BCUT2D eigenvalue weighted by atomic mass is 10.2. The zero-order valence-electron chi connectivity index (χ0n) is 10.5. The number of nitrogens with zero attached hydrogens (tertiary/aromatic N) is 1. The SMILES string of the molecule is COc1ccc(SCN2CCNCC2)c(C)c1. The molecule has 1 fully saturated rings. The Morgan fingerprint density at radius 2 is 2.12 bits per heavy atom. The van der Waals surface area contributed by atoms with Gasteiger partial charge < -0.3 is 10.1 Å². The predicted molar refractivity (Wildman–Crippen MR) is 72.9 cm³/mol. The van der Waals surface area contributed by atoms with Crippen LogP contribution in [0.15, 0.2) is 23.1 Å². The average molecular weight is 252 g/mol. The summed E-state index contributed by atoms with van der Waals surface area (Å²) >= 11 is 1.92. The molecule has 0 unspecified atom stereocenters. The van der Waals surface area contributed by atoms with E-state index in [4.69, 9.17) is 4.74 Å². The summed E-state index contributed by atoms with van der Waals surface area (Å²) in [5.41, 5.74) is 1.30. The molecule has 94 valence electrons. The first-order valence-corrected chi connectivity index (χ1v) is 6.98. The van der Waals surface area contributed by atoms with Gasteiger partial charge in [-0.1, -0.05) is 0 Å². The van der Waals surface area contributed by atoms with E-state index in [1.807, 2.05) is 17.8 Å². The van der Waals surface area contributed by atoms with E-state index in [0.717, 1.165) is 37.8 Å². The minimum absolute atomic E-state index is 0.939. The van der Waals surface area contributed by atoms with Gasteiger partial charge in [-0.2, -0.15) is 0 Å². The van der Waals surface area contributed by atoms with Gasteiger partial charge in [0, 0.05) is 37.0 Å². The number of methoxy groups -OCH3 is 1. The Bertz CT molecular complexity index is 364. The van der Waals surface area contributed by atoms with Crippen LogP contribution in [0.1, 0.15) is 5.56 Å². The number of benzene rings is 1. The molecule has 0 bridgehead atoms. The summed E-state index contributed by atoms with van der Waals surface area (Å²) in [5.74, 6) is 2.02. The molecule has 3 nitrogen and oxygen atoms in total. The fourth-order valence-electron chi connectivity index (χ4n) is 1.91. The second-order valence-electron chi connectivity index (χ2n) is 4.27. The third-order valence-electron chi connectivity index (χ3n) is 2.99. The molecule has 0 amide bonds. The molecule has 0 aromatic heterocycles. The van der Waals surface area contributed by atoms with E-state index in [2.05, 4.69) is 29.3 Å². The highest BCUT2D eigenvalue weighted by Gasteiger charge is 2.10. The quantitative estimate of drug-likeness (QED) is 0.828. The van der Waals surface area contributed by atoms with Gasteiger partial charge in [0.15, 0.2) is 0 Å². The number of thioether (sulfide) groups is 1. The molecule has 4 heteroatoms. The minimum atomic E-state index is 0.939. The van der Waals surface area contributed by atoms with E-state index in [1.165, 1.54) is 10.5 Å². The van der Waals surface area contributed by atoms with Crippen LogP contribution < -0.4 is 10.1 Å². The van der Waals surface area contributed by atoms with Gasteiger partial charge in [-0.15, -0.1) is 11.8 Å². The van der Waals surface area contributed by atoms with Crippen molar-refractivity contribution in [2.24, 2.45) is 0 Å². The number of ether oxygens (including phenoxy) is 1. The molecular weight excluding hydrogens is 232 g/mol. The maximum atomic E-state index is 5.22. The van der Waals surface area contributed by atoms with Crippen LogP contribution in [0.2, 0.25) is 0 Å². The molecule has 1 aliphatic rings. The Morgan fingerprint density at radius 1 is 1.35 bits per heavy atom. The van der Waals surface area contributed by atoms with Crippen LogP contribution in [0.25, 0.3) is 0 Å². The summed E-state index contributed by atoms with van der Waals surface area (Å²) in [6.45, 7) is 6.68. The third-order valence-corrected chi connectivity index (χ3v) is 4.26. The van der Waals surface area contributed by atoms with E-state index in [9.17, 15) is 0 Å². The lowest BCUT2D eigenvalue weighted by Crippen LogP contribution is -2.43. The van der Waals surface area contributed by atoms with Crippen LogP contribution in [0.5, 0.6) is 5.75 Å². The van der Waals surface area contributed by atoms with E-state index < -0.39 is 0 Å². The summed E-state index contributed by atoms with van der Waals surface area (Å²) in [6, 6.07) is 6.29. The fourth-order valence-corrected chi connectivity index (χ4v) is 2.94. The Morgan fingerprint density at radius 3 is 2.76 bits per heavy atom. The summed E-state index contributed by atoms with van der Waals surface area (Å²) < 4.78 is 5.22. The summed E-state index contributed by atoms with van der Waals surface area (Å²) in [6.07, 6.45) is 0. The van der Waals surface area contributed by atoms with Crippen molar-refractivity contribution in [3.8, 4) is 5.75 Å². The predicted octanol–water partition coefficient (Wildman–Crippen LogP) is 1.96. The number of rotatable bonds is 4. The smallest absolute Gasteiger partial charge is 0.119 e. The molecular formula is C13H20N2OS. The van der Waals surface area contributed by atoms with Crippen molar-refractivity contribution in [3.05, 3.63) is 23.8 Å². The maximum absolute atomic E-state index is 5.22. The molecule has 1 saturated heterocycles. The maximum Gasteiger partial charge on any atom is 0.119 e. The second kappa shape index (κ2) is 6.28. The zero-order chi connectivity index (χ0) is 12.1. The van der Waals surface area contributed by atoms with Crippen LogP contribution in [0.4, 0.5) is 0 Å². The summed E-state index contributed by atoms with van der Waals surface area (Å²) in [4.78, 5) is 3.84. The van der Waals surface area contributed by atoms with Crippen molar-refractivity contribution in [1.29, 1.82) is 0 Å². The van der Waals surface area contributed by atoms with Crippen molar-refractivity contribution < 1.29 is 4.74 Å². The number of hydrogen-bond donors (Lipinski definition) is 1. The van der Waals surface area contributed by atoms with Crippen molar-refractivity contribution in [2.75, 3.05) is 39.2 Å². The van der Waals surface area contributed by atoms with Crippen molar-refractivity contribution in [2.45, 2.75) is 11.8 Å². The molecule has 0 radical (unpaired) electrons. The fraction of sp³-hybridized carbons (Fsp3) is 0.538. The highest BCUT2D eigenvalue weighted by molar-refractivity contribution is 7.99. The molecule has 0 saturated carbocycles. The van der Waals surface area contributed by atoms with Gasteiger partial charge in [0.1, 0.15) is 5.75 Å². The minimum Gasteiger partial charge on any atom is -0.497 e. The van der Waals surface area contributed by atoms with Crippen LogP contribution in [-0.4, -0.2) is 44.1 Å². The molecule has 0 aliphatic carbocycles. The van der Waals surface area contributed by atoms with E-state index in [1.54, 1.807) is 7.11 Å². The van der Waals surface area contributed by atoms with E-state index in [-0.39, 0.29) is 0 Å². The Hall–Kier alpha value is -0.710. The lowest BCUT2D eigenvalue weighted by molar-refractivity contribution is 0.280. The first kappa shape index (κ1) is 12.7. The largest absolute Gasteiger partial charge is 0.497 e. The first-order chi connectivity index (χ1) is 8.29.